The van der Waals surface area contributed by atoms with Gasteiger partial charge in [-0.05, 0) is 48.4 Å². The highest BCUT2D eigenvalue weighted by Gasteiger charge is 2.20. The number of rotatable bonds is 4. The first-order valence-electron chi connectivity index (χ1n) is 9.26. The van der Waals surface area contributed by atoms with E-state index in [1.165, 1.54) is 11.8 Å². The smallest absolute Gasteiger partial charge is 0.267 e. The number of halogens is 1. The van der Waals surface area contributed by atoms with E-state index in [-0.39, 0.29) is 12.4 Å². The highest BCUT2D eigenvalue weighted by Crippen LogP contribution is 2.41. The lowest BCUT2D eigenvalue weighted by molar-refractivity contribution is 0.174. The zero-order chi connectivity index (χ0) is 20.7. The van der Waals surface area contributed by atoms with E-state index in [1.54, 1.807) is 16.8 Å². The number of ether oxygens (including phenoxy) is 2. The minimum atomic E-state index is -0.145. The lowest BCUT2D eigenvalue weighted by Gasteiger charge is -2.14. The monoisotopic (exact) mass is 437 g/mol. The maximum atomic E-state index is 13.3. The van der Waals surface area contributed by atoms with Crippen molar-refractivity contribution in [1.29, 1.82) is 0 Å². The number of para-hydroxylation sites is 1. The molecule has 150 valence electrons. The van der Waals surface area contributed by atoms with Gasteiger partial charge in [0.2, 0.25) is 6.79 Å². The Morgan fingerprint density at radius 2 is 2.03 bits per heavy atom. The molecule has 0 spiro atoms. The van der Waals surface area contributed by atoms with Crippen molar-refractivity contribution in [2.75, 3.05) is 6.79 Å². The molecular formula is C22H16ClN3O3S. The maximum Gasteiger partial charge on any atom is 0.267 e. The zero-order valence-electron chi connectivity index (χ0n) is 16.0. The normalized spacial score (nSPS) is 12.5. The summed E-state index contributed by atoms with van der Waals surface area (Å²) in [5, 5.41) is 1.62. The van der Waals surface area contributed by atoms with Crippen molar-refractivity contribution in [1.82, 2.24) is 14.5 Å². The number of aryl methyl sites for hydroxylation is 1. The van der Waals surface area contributed by atoms with E-state index in [0.717, 1.165) is 11.1 Å². The Bertz CT molecular complexity index is 1340. The average Bonchev–Trinajstić information content (AvgIpc) is 3.23. The van der Waals surface area contributed by atoms with Gasteiger partial charge in [0.25, 0.3) is 5.56 Å². The van der Waals surface area contributed by atoms with Crippen LogP contribution in [0.2, 0.25) is 5.02 Å². The Kier molecular flexibility index (Phi) is 4.84. The molecule has 0 aliphatic carbocycles. The molecule has 2 aromatic heterocycles. The van der Waals surface area contributed by atoms with Crippen molar-refractivity contribution in [3.63, 3.8) is 0 Å². The molecule has 1 aliphatic heterocycles. The van der Waals surface area contributed by atoms with Gasteiger partial charge in [0.1, 0.15) is 5.82 Å². The van der Waals surface area contributed by atoms with Crippen LogP contribution < -0.4 is 15.0 Å². The summed E-state index contributed by atoms with van der Waals surface area (Å²) in [6, 6.07) is 14.9. The van der Waals surface area contributed by atoms with Crippen molar-refractivity contribution in [2.24, 2.45) is 0 Å². The van der Waals surface area contributed by atoms with E-state index in [9.17, 15) is 4.79 Å². The van der Waals surface area contributed by atoms with Gasteiger partial charge in [-0.1, -0.05) is 41.6 Å². The van der Waals surface area contributed by atoms with Crippen molar-refractivity contribution in [3.05, 3.63) is 81.2 Å². The highest BCUT2D eigenvalue weighted by atomic mass is 35.5. The Labute approximate surface area is 181 Å². The third kappa shape index (κ3) is 3.30. The largest absolute Gasteiger partial charge is 0.454 e. The molecule has 0 bridgehead atoms. The molecule has 4 aromatic rings. The number of hydrogen-bond acceptors (Lipinski definition) is 6. The standard InChI is InChI=1S/C22H16ClN3O3S/c1-13-5-4-8-24-20(13)26-21(27)15-6-2-3-7-17(15)25-22(26)30-11-14-9-16(23)19-18(10-14)28-12-29-19/h2-10H,11-12H2,1H3. The van der Waals surface area contributed by atoms with Gasteiger partial charge in [-0.25, -0.2) is 14.5 Å². The summed E-state index contributed by atoms with van der Waals surface area (Å²) in [6.07, 6.45) is 1.68. The maximum absolute atomic E-state index is 13.3. The molecule has 5 rings (SSSR count). The number of aromatic nitrogens is 3. The summed E-state index contributed by atoms with van der Waals surface area (Å²) in [7, 11) is 0. The van der Waals surface area contributed by atoms with E-state index in [0.29, 0.717) is 44.2 Å². The van der Waals surface area contributed by atoms with Crippen LogP contribution >= 0.6 is 23.4 Å². The minimum Gasteiger partial charge on any atom is -0.454 e. The van der Waals surface area contributed by atoms with Gasteiger partial charge in [0, 0.05) is 11.9 Å². The molecule has 0 amide bonds. The predicted octanol–water partition coefficient (Wildman–Crippen LogP) is 4.76. The molecule has 2 aromatic carbocycles. The molecule has 0 N–H and O–H groups in total. The van der Waals surface area contributed by atoms with Crippen LogP contribution in [-0.4, -0.2) is 21.3 Å². The first kappa shape index (κ1) is 19.0. The summed E-state index contributed by atoms with van der Waals surface area (Å²) in [6.45, 7) is 2.09. The van der Waals surface area contributed by atoms with E-state index in [1.807, 2.05) is 49.4 Å². The van der Waals surface area contributed by atoms with Crippen molar-refractivity contribution >= 4 is 34.3 Å². The second-order valence-electron chi connectivity index (χ2n) is 6.80. The van der Waals surface area contributed by atoms with Gasteiger partial charge in [0.05, 0.1) is 15.9 Å². The zero-order valence-corrected chi connectivity index (χ0v) is 17.5. The van der Waals surface area contributed by atoms with Crippen molar-refractivity contribution < 1.29 is 9.47 Å². The lowest BCUT2D eigenvalue weighted by Crippen LogP contribution is -2.23. The van der Waals surface area contributed by atoms with Gasteiger partial charge < -0.3 is 9.47 Å². The van der Waals surface area contributed by atoms with Gasteiger partial charge in [-0.15, -0.1) is 0 Å². The van der Waals surface area contributed by atoms with Gasteiger partial charge in [-0.2, -0.15) is 0 Å². The Hall–Kier alpha value is -3.03. The molecule has 0 unspecified atom stereocenters. The fourth-order valence-corrected chi connectivity index (χ4v) is 4.57. The van der Waals surface area contributed by atoms with Crippen LogP contribution in [0.25, 0.3) is 16.7 Å². The van der Waals surface area contributed by atoms with Crippen LogP contribution in [0.1, 0.15) is 11.1 Å². The average molecular weight is 438 g/mol. The second-order valence-corrected chi connectivity index (χ2v) is 8.15. The fraction of sp³-hybridized carbons (Fsp3) is 0.136. The van der Waals surface area contributed by atoms with Crippen LogP contribution in [0, 0.1) is 6.92 Å². The number of fused-ring (bicyclic) bond motifs is 2. The quantitative estimate of drug-likeness (QED) is 0.338. The molecule has 3 heterocycles. The van der Waals surface area contributed by atoms with E-state index >= 15 is 0 Å². The number of hydrogen-bond donors (Lipinski definition) is 0. The summed E-state index contributed by atoms with van der Waals surface area (Å²) in [5.74, 6) is 2.32. The number of thioether (sulfide) groups is 1. The fourth-order valence-electron chi connectivity index (χ4n) is 3.36. The molecule has 0 atom stereocenters. The summed E-state index contributed by atoms with van der Waals surface area (Å²) >= 11 is 7.76. The van der Waals surface area contributed by atoms with Gasteiger partial charge in [0.15, 0.2) is 16.7 Å². The summed E-state index contributed by atoms with van der Waals surface area (Å²) in [4.78, 5) is 22.5. The van der Waals surface area contributed by atoms with E-state index < -0.39 is 0 Å². The molecule has 6 nitrogen and oxygen atoms in total. The van der Waals surface area contributed by atoms with Crippen molar-refractivity contribution in [2.45, 2.75) is 17.8 Å². The van der Waals surface area contributed by atoms with E-state index in [4.69, 9.17) is 26.1 Å². The topological polar surface area (TPSA) is 66.2 Å². The summed E-state index contributed by atoms with van der Waals surface area (Å²) < 4.78 is 12.4. The van der Waals surface area contributed by atoms with Gasteiger partial charge in [-0.3, -0.25) is 4.79 Å². The molecule has 0 radical (unpaired) electrons. The summed E-state index contributed by atoms with van der Waals surface area (Å²) in [5.41, 5.74) is 2.35. The molecular weight excluding hydrogens is 422 g/mol. The molecule has 0 fully saturated rings. The van der Waals surface area contributed by atoms with Crippen LogP contribution in [0.5, 0.6) is 11.5 Å². The van der Waals surface area contributed by atoms with Gasteiger partial charge >= 0.3 is 0 Å². The van der Waals surface area contributed by atoms with Crippen LogP contribution in [0.15, 0.2) is 64.7 Å². The third-order valence-corrected chi connectivity index (χ3v) is 6.08. The van der Waals surface area contributed by atoms with E-state index in [2.05, 4.69) is 4.98 Å². The molecule has 1 aliphatic rings. The SMILES string of the molecule is Cc1cccnc1-n1c(SCc2cc(Cl)c3c(c2)OCO3)nc2ccccc2c1=O. The lowest BCUT2D eigenvalue weighted by atomic mass is 10.2. The minimum absolute atomic E-state index is 0.145. The number of pyridine rings is 1. The number of benzene rings is 2. The molecule has 30 heavy (non-hydrogen) atoms. The Morgan fingerprint density at radius 1 is 1.17 bits per heavy atom. The molecule has 0 saturated carbocycles. The Balaban J connectivity index is 1.60. The first-order valence-corrected chi connectivity index (χ1v) is 10.6. The highest BCUT2D eigenvalue weighted by molar-refractivity contribution is 7.98. The molecule has 8 heteroatoms. The Morgan fingerprint density at radius 3 is 2.90 bits per heavy atom. The first-order chi connectivity index (χ1) is 14.6. The predicted molar refractivity (Wildman–Crippen MR) is 117 cm³/mol. The van der Waals surface area contributed by atoms with Crippen LogP contribution in [0.4, 0.5) is 0 Å². The van der Waals surface area contributed by atoms with Crippen LogP contribution in [0.3, 0.4) is 0 Å². The molecule has 0 saturated heterocycles. The van der Waals surface area contributed by atoms with Crippen LogP contribution in [-0.2, 0) is 5.75 Å². The number of nitrogens with zero attached hydrogens (tertiary/aromatic N) is 3. The third-order valence-electron chi connectivity index (χ3n) is 4.79. The second kappa shape index (κ2) is 7.66. The van der Waals surface area contributed by atoms with Crippen molar-refractivity contribution in [3.8, 4) is 17.3 Å².